The van der Waals surface area contributed by atoms with Crippen LogP contribution in [0.4, 0.5) is 0 Å². The van der Waals surface area contributed by atoms with Gasteiger partial charge in [0.1, 0.15) is 0 Å². The summed E-state index contributed by atoms with van der Waals surface area (Å²) in [5.74, 6) is 0. The van der Waals surface area contributed by atoms with E-state index in [1.54, 1.807) is 0 Å². The molecule has 1 aliphatic heterocycles. The van der Waals surface area contributed by atoms with Gasteiger partial charge in [-0.15, -0.1) is 0 Å². The zero-order valence-electron chi connectivity index (χ0n) is 11.6. The Morgan fingerprint density at radius 3 is 2.19 bits per heavy atom. The van der Waals surface area contributed by atoms with Crippen molar-refractivity contribution in [2.24, 2.45) is 10.8 Å². The highest BCUT2D eigenvalue weighted by molar-refractivity contribution is 4.95. The molecule has 1 heterocycles. The number of nitrogens with zero attached hydrogens (tertiary/aromatic N) is 2. The number of hydrogen-bond donors (Lipinski definition) is 0. The quantitative estimate of drug-likeness (QED) is 0.711. The first-order valence-electron chi connectivity index (χ1n) is 6.78. The van der Waals surface area contributed by atoms with Crippen molar-refractivity contribution >= 4 is 0 Å². The van der Waals surface area contributed by atoms with E-state index in [9.17, 15) is 0 Å². The first-order valence-corrected chi connectivity index (χ1v) is 6.78. The molecule has 2 aliphatic rings. The van der Waals surface area contributed by atoms with Gasteiger partial charge < -0.3 is 0 Å². The van der Waals surface area contributed by atoms with E-state index < -0.39 is 0 Å². The van der Waals surface area contributed by atoms with Crippen LogP contribution in [0.15, 0.2) is 0 Å². The summed E-state index contributed by atoms with van der Waals surface area (Å²) >= 11 is 0. The molecular weight excluding hydrogens is 196 g/mol. The number of hydrogen-bond acceptors (Lipinski definition) is 2. The van der Waals surface area contributed by atoms with Crippen LogP contribution in [0.5, 0.6) is 0 Å². The normalized spacial score (nSPS) is 29.1. The maximum absolute atomic E-state index is 2.64. The van der Waals surface area contributed by atoms with Gasteiger partial charge >= 0.3 is 0 Å². The summed E-state index contributed by atoms with van der Waals surface area (Å²) in [4.78, 5) is 4.93. The minimum atomic E-state index is 0.611. The Hall–Kier alpha value is -0.0800. The summed E-state index contributed by atoms with van der Waals surface area (Å²) in [6.45, 7) is 8.68. The topological polar surface area (TPSA) is 6.48 Å². The van der Waals surface area contributed by atoms with Crippen LogP contribution in [0.25, 0.3) is 0 Å². The van der Waals surface area contributed by atoms with Gasteiger partial charge in [0.2, 0.25) is 0 Å². The third-order valence-corrected chi connectivity index (χ3v) is 4.66. The molecule has 0 bridgehead atoms. The molecule has 94 valence electrons. The minimum Gasteiger partial charge on any atom is -0.297 e. The molecule has 16 heavy (non-hydrogen) atoms. The Kier molecular flexibility index (Phi) is 3.33. The van der Waals surface area contributed by atoms with Crippen LogP contribution >= 0.6 is 0 Å². The van der Waals surface area contributed by atoms with E-state index in [0.717, 1.165) is 6.67 Å². The van der Waals surface area contributed by atoms with Gasteiger partial charge in [-0.05, 0) is 63.6 Å². The Morgan fingerprint density at radius 1 is 1.00 bits per heavy atom. The lowest BCUT2D eigenvalue weighted by atomic mass is 9.65. The predicted octanol–water partition coefficient (Wildman–Crippen LogP) is 2.80. The van der Waals surface area contributed by atoms with Crippen molar-refractivity contribution in [1.29, 1.82) is 0 Å². The van der Waals surface area contributed by atoms with Crippen LogP contribution in [-0.2, 0) is 0 Å². The Morgan fingerprint density at radius 2 is 1.62 bits per heavy atom. The summed E-state index contributed by atoms with van der Waals surface area (Å²) in [6, 6.07) is 0. The van der Waals surface area contributed by atoms with E-state index >= 15 is 0 Å². The van der Waals surface area contributed by atoms with Crippen molar-refractivity contribution in [3.63, 3.8) is 0 Å². The molecule has 1 saturated heterocycles. The third-order valence-electron chi connectivity index (χ3n) is 4.66. The summed E-state index contributed by atoms with van der Waals surface area (Å²) < 4.78 is 0. The third kappa shape index (κ3) is 2.78. The van der Waals surface area contributed by atoms with Gasteiger partial charge in [-0.2, -0.15) is 0 Å². The summed E-state index contributed by atoms with van der Waals surface area (Å²) in [5, 5.41) is 0. The number of rotatable bonds is 2. The lowest BCUT2D eigenvalue weighted by Gasteiger charge is -2.41. The molecule has 2 fully saturated rings. The van der Waals surface area contributed by atoms with Gasteiger partial charge in [0.15, 0.2) is 0 Å². The largest absolute Gasteiger partial charge is 0.297 e. The van der Waals surface area contributed by atoms with Crippen LogP contribution < -0.4 is 0 Å². The monoisotopic (exact) mass is 224 g/mol. The molecular formula is C14H28N2. The van der Waals surface area contributed by atoms with Crippen LogP contribution in [0.1, 0.15) is 46.0 Å². The SMILES string of the molecule is CN(C)CN1CCC2(CCC(C)(C)CC2)C1. The molecule has 0 N–H and O–H groups in total. The molecule has 0 atom stereocenters. The van der Waals surface area contributed by atoms with Crippen molar-refractivity contribution in [3.05, 3.63) is 0 Å². The van der Waals surface area contributed by atoms with Gasteiger partial charge in [-0.1, -0.05) is 13.8 Å². The minimum absolute atomic E-state index is 0.611. The van der Waals surface area contributed by atoms with Crippen LogP contribution in [-0.4, -0.2) is 43.7 Å². The molecule has 0 aromatic rings. The van der Waals surface area contributed by atoms with Crippen molar-refractivity contribution in [1.82, 2.24) is 9.80 Å². The molecule has 2 rings (SSSR count). The zero-order chi connectivity index (χ0) is 11.8. The van der Waals surface area contributed by atoms with E-state index in [2.05, 4.69) is 37.7 Å². The van der Waals surface area contributed by atoms with Crippen molar-refractivity contribution in [2.75, 3.05) is 33.9 Å². The highest BCUT2D eigenvalue weighted by Crippen LogP contribution is 2.49. The summed E-state index contributed by atoms with van der Waals surface area (Å²) in [6.07, 6.45) is 7.23. The van der Waals surface area contributed by atoms with Gasteiger partial charge in [-0.3, -0.25) is 9.80 Å². The zero-order valence-corrected chi connectivity index (χ0v) is 11.6. The van der Waals surface area contributed by atoms with Crippen LogP contribution in [0.3, 0.4) is 0 Å². The molecule has 0 radical (unpaired) electrons. The number of likely N-dealkylation sites (tertiary alicyclic amines) is 1. The first kappa shape index (κ1) is 12.4. The molecule has 1 spiro atoms. The lowest BCUT2D eigenvalue weighted by molar-refractivity contribution is 0.0975. The molecule has 0 unspecified atom stereocenters. The van der Waals surface area contributed by atoms with Gasteiger partial charge in [0.25, 0.3) is 0 Å². The Balaban J connectivity index is 1.88. The molecule has 0 amide bonds. The molecule has 2 nitrogen and oxygen atoms in total. The fourth-order valence-electron chi connectivity index (χ4n) is 3.41. The standard InChI is InChI=1S/C14H28N2/c1-13(2)5-7-14(8-6-13)9-10-16(11-14)12-15(3)4/h5-12H2,1-4H3. The predicted molar refractivity (Wildman–Crippen MR) is 69.4 cm³/mol. The average Bonchev–Trinajstić information content (AvgIpc) is 2.55. The van der Waals surface area contributed by atoms with E-state index in [0.29, 0.717) is 10.8 Å². The second-order valence-corrected chi connectivity index (χ2v) is 7.19. The van der Waals surface area contributed by atoms with E-state index in [1.165, 1.54) is 45.2 Å². The summed E-state index contributed by atoms with van der Waals surface area (Å²) in [5.41, 5.74) is 1.30. The van der Waals surface area contributed by atoms with Crippen molar-refractivity contribution in [2.45, 2.75) is 46.0 Å². The van der Waals surface area contributed by atoms with Gasteiger partial charge in [-0.25, -0.2) is 0 Å². The average molecular weight is 224 g/mol. The van der Waals surface area contributed by atoms with Crippen LogP contribution in [0, 0.1) is 10.8 Å². The Bertz CT molecular complexity index is 235. The van der Waals surface area contributed by atoms with Crippen LogP contribution in [0.2, 0.25) is 0 Å². The first-order chi connectivity index (χ1) is 7.41. The summed E-state index contributed by atoms with van der Waals surface area (Å²) in [7, 11) is 4.35. The lowest BCUT2D eigenvalue weighted by Crippen LogP contribution is -2.37. The van der Waals surface area contributed by atoms with E-state index in [4.69, 9.17) is 0 Å². The highest BCUT2D eigenvalue weighted by atomic mass is 15.3. The molecule has 0 aromatic heterocycles. The van der Waals surface area contributed by atoms with E-state index in [1.807, 2.05) is 0 Å². The second kappa shape index (κ2) is 4.30. The van der Waals surface area contributed by atoms with Gasteiger partial charge in [0, 0.05) is 6.54 Å². The van der Waals surface area contributed by atoms with Gasteiger partial charge in [0.05, 0.1) is 6.67 Å². The second-order valence-electron chi connectivity index (χ2n) is 7.19. The molecule has 2 heteroatoms. The highest BCUT2D eigenvalue weighted by Gasteiger charge is 2.42. The smallest absolute Gasteiger partial charge is 0.0500 e. The fourth-order valence-corrected chi connectivity index (χ4v) is 3.41. The maximum Gasteiger partial charge on any atom is 0.0500 e. The molecule has 1 saturated carbocycles. The molecule has 0 aromatic carbocycles. The Labute approximate surface area is 101 Å². The van der Waals surface area contributed by atoms with Crippen molar-refractivity contribution < 1.29 is 0 Å². The maximum atomic E-state index is 2.64. The van der Waals surface area contributed by atoms with Crippen molar-refractivity contribution in [3.8, 4) is 0 Å². The molecule has 1 aliphatic carbocycles. The van der Waals surface area contributed by atoms with E-state index in [-0.39, 0.29) is 0 Å². The fraction of sp³-hybridized carbons (Fsp3) is 1.00.